The second-order valence-corrected chi connectivity index (χ2v) is 6.53. The quantitative estimate of drug-likeness (QED) is 0.539. The number of rotatable bonds is 6. The number of halogens is 2. The molecule has 0 radical (unpaired) electrons. The van der Waals surface area contributed by atoms with Gasteiger partial charge in [0.15, 0.2) is 5.70 Å². The van der Waals surface area contributed by atoms with E-state index in [4.69, 9.17) is 22.9 Å². The Hall–Kier alpha value is -2.32. The summed E-state index contributed by atoms with van der Waals surface area (Å²) in [6.07, 6.45) is 2.15. The van der Waals surface area contributed by atoms with Crippen LogP contribution in [0, 0.1) is 12.4 Å². The fraction of sp³-hybridized carbons (Fsp3) is 0.400. The zero-order valence-corrected chi connectivity index (χ0v) is 15.9. The van der Waals surface area contributed by atoms with Crippen LogP contribution >= 0.6 is 11.6 Å². The highest BCUT2D eigenvalue weighted by atomic mass is 35.5. The van der Waals surface area contributed by atoms with E-state index >= 15 is 0 Å². The number of nitrogens with zero attached hydrogens (tertiary/aromatic N) is 1. The molecule has 0 aliphatic carbocycles. The maximum Gasteiger partial charge on any atom is 0.335 e. The van der Waals surface area contributed by atoms with Crippen LogP contribution in [-0.2, 0) is 9.53 Å². The Kier molecular flexibility index (Phi) is 6.82. The molecular weight excluding hydrogens is 355 g/mol. The standard InChI is InChI=1S/C20H22ClFN2O2/c1-5-7-16-18(20(25)26-10-6-2)17(19(23-4)12(3)24-16)14-9-8-13(22)11-15(14)21/h8-9,11,17,24H,5-7,10H2,1-3H3. The third-order valence-electron chi connectivity index (χ3n) is 4.16. The van der Waals surface area contributed by atoms with E-state index in [1.54, 1.807) is 6.92 Å². The number of ether oxygens (including phenoxy) is 1. The Labute approximate surface area is 158 Å². The van der Waals surface area contributed by atoms with Crippen LogP contribution in [0.2, 0.25) is 5.02 Å². The van der Waals surface area contributed by atoms with E-state index in [0.717, 1.165) is 12.1 Å². The number of allylic oxidation sites excluding steroid dienone is 3. The summed E-state index contributed by atoms with van der Waals surface area (Å²) >= 11 is 6.27. The molecule has 4 nitrogen and oxygen atoms in total. The van der Waals surface area contributed by atoms with E-state index in [0.29, 0.717) is 42.0 Å². The van der Waals surface area contributed by atoms with E-state index in [1.165, 1.54) is 18.2 Å². The van der Waals surface area contributed by atoms with Crippen molar-refractivity contribution in [2.45, 2.75) is 46.0 Å². The number of benzene rings is 1. The van der Waals surface area contributed by atoms with Crippen molar-refractivity contribution in [2.75, 3.05) is 6.61 Å². The average Bonchev–Trinajstić information content (AvgIpc) is 2.59. The predicted molar refractivity (Wildman–Crippen MR) is 99.8 cm³/mol. The number of dihydropyridines is 1. The molecule has 138 valence electrons. The second-order valence-electron chi connectivity index (χ2n) is 6.12. The molecule has 1 aliphatic rings. The smallest absolute Gasteiger partial charge is 0.335 e. The number of hydrogen-bond donors (Lipinski definition) is 1. The minimum Gasteiger partial charge on any atom is -0.462 e. The fourth-order valence-electron chi connectivity index (χ4n) is 3.03. The molecule has 1 aliphatic heterocycles. The highest BCUT2D eigenvalue weighted by molar-refractivity contribution is 6.31. The molecule has 0 bridgehead atoms. The summed E-state index contributed by atoms with van der Waals surface area (Å²) in [4.78, 5) is 16.4. The summed E-state index contributed by atoms with van der Waals surface area (Å²) < 4.78 is 18.9. The lowest BCUT2D eigenvalue weighted by Gasteiger charge is -2.30. The molecule has 2 rings (SSSR count). The molecule has 1 unspecified atom stereocenters. The van der Waals surface area contributed by atoms with Crippen LogP contribution in [0.1, 0.15) is 51.5 Å². The molecule has 1 atom stereocenters. The highest BCUT2D eigenvalue weighted by Crippen LogP contribution is 2.42. The monoisotopic (exact) mass is 376 g/mol. The Balaban J connectivity index is 2.66. The molecular formula is C20H22ClFN2O2. The van der Waals surface area contributed by atoms with E-state index in [1.807, 2.05) is 13.8 Å². The average molecular weight is 377 g/mol. The number of carbonyl (C=O) groups excluding carboxylic acids is 1. The van der Waals surface area contributed by atoms with Gasteiger partial charge in [-0.25, -0.2) is 14.0 Å². The molecule has 0 amide bonds. The minimum atomic E-state index is -0.673. The Bertz CT molecular complexity index is 809. The van der Waals surface area contributed by atoms with Gasteiger partial charge in [-0.3, -0.25) is 0 Å². The topological polar surface area (TPSA) is 42.7 Å². The van der Waals surface area contributed by atoms with Crippen LogP contribution in [0.5, 0.6) is 0 Å². The zero-order chi connectivity index (χ0) is 19.3. The maximum absolute atomic E-state index is 13.5. The third-order valence-corrected chi connectivity index (χ3v) is 4.49. The summed E-state index contributed by atoms with van der Waals surface area (Å²) in [5.41, 5.74) is 2.66. The molecule has 26 heavy (non-hydrogen) atoms. The molecule has 0 aromatic heterocycles. The molecule has 1 aromatic rings. The molecule has 0 saturated heterocycles. The molecule has 0 fully saturated rings. The number of carbonyl (C=O) groups is 1. The van der Waals surface area contributed by atoms with Crippen LogP contribution in [0.25, 0.3) is 4.85 Å². The lowest BCUT2D eigenvalue weighted by atomic mass is 9.83. The van der Waals surface area contributed by atoms with Crippen molar-refractivity contribution < 1.29 is 13.9 Å². The van der Waals surface area contributed by atoms with E-state index < -0.39 is 17.7 Å². The molecule has 1 N–H and O–H groups in total. The van der Waals surface area contributed by atoms with Gasteiger partial charge in [-0.2, -0.15) is 0 Å². The van der Waals surface area contributed by atoms with Gasteiger partial charge >= 0.3 is 5.97 Å². The van der Waals surface area contributed by atoms with Gasteiger partial charge in [-0.1, -0.05) is 37.9 Å². The van der Waals surface area contributed by atoms with Crippen molar-refractivity contribution in [3.8, 4) is 0 Å². The summed E-state index contributed by atoms with van der Waals surface area (Å²) in [5.74, 6) is -1.61. The first kappa shape index (κ1) is 20.0. The van der Waals surface area contributed by atoms with Gasteiger partial charge in [0, 0.05) is 16.4 Å². The first-order chi connectivity index (χ1) is 12.4. The summed E-state index contributed by atoms with van der Waals surface area (Å²) in [6, 6.07) is 4.02. The van der Waals surface area contributed by atoms with Crippen molar-refractivity contribution in [3.63, 3.8) is 0 Å². The molecule has 0 saturated carbocycles. The number of nitrogens with one attached hydrogen (secondary N) is 1. The lowest BCUT2D eigenvalue weighted by Crippen LogP contribution is -2.29. The summed E-state index contributed by atoms with van der Waals surface area (Å²) in [7, 11) is 0. The van der Waals surface area contributed by atoms with E-state index in [9.17, 15) is 9.18 Å². The van der Waals surface area contributed by atoms with Gasteiger partial charge in [-0.15, -0.1) is 0 Å². The van der Waals surface area contributed by atoms with Crippen molar-refractivity contribution in [3.05, 3.63) is 68.7 Å². The molecule has 1 heterocycles. The maximum atomic E-state index is 13.5. The fourth-order valence-corrected chi connectivity index (χ4v) is 3.31. The van der Waals surface area contributed by atoms with Crippen LogP contribution in [0.4, 0.5) is 4.39 Å². The van der Waals surface area contributed by atoms with Crippen LogP contribution < -0.4 is 5.32 Å². The highest BCUT2D eigenvalue weighted by Gasteiger charge is 2.36. The van der Waals surface area contributed by atoms with Crippen molar-refractivity contribution in [2.24, 2.45) is 0 Å². The summed E-state index contributed by atoms with van der Waals surface area (Å²) in [6.45, 7) is 13.6. The first-order valence-electron chi connectivity index (χ1n) is 8.64. The Morgan fingerprint density at radius 2 is 2.12 bits per heavy atom. The first-order valence-corrected chi connectivity index (χ1v) is 9.02. The number of esters is 1. The van der Waals surface area contributed by atoms with Gasteiger partial charge in [0.1, 0.15) is 5.82 Å². The lowest BCUT2D eigenvalue weighted by molar-refractivity contribution is -0.139. The number of hydrogen-bond acceptors (Lipinski definition) is 3. The van der Waals surface area contributed by atoms with Gasteiger partial charge in [0.05, 0.1) is 24.7 Å². The van der Waals surface area contributed by atoms with Crippen molar-refractivity contribution in [1.82, 2.24) is 5.32 Å². The van der Waals surface area contributed by atoms with Crippen LogP contribution in [-0.4, -0.2) is 12.6 Å². The molecule has 6 heteroatoms. The van der Waals surface area contributed by atoms with E-state index in [2.05, 4.69) is 10.2 Å². The van der Waals surface area contributed by atoms with Crippen LogP contribution in [0.15, 0.2) is 40.9 Å². The molecule has 1 aromatic carbocycles. The minimum absolute atomic E-state index is 0.183. The third kappa shape index (κ3) is 4.08. The second kappa shape index (κ2) is 8.86. The van der Waals surface area contributed by atoms with Crippen molar-refractivity contribution >= 4 is 17.6 Å². The largest absolute Gasteiger partial charge is 0.462 e. The van der Waals surface area contributed by atoms with Gasteiger partial charge in [0.2, 0.25) is 0 Å². The predicted octanol–water partition coefficient (Wildman–Crippen LogP) is 5.32. The SMILES string of the molecule is [C-]#[N+]C1=C(C)NC(CCC)=C(C(=O)OCCC)C1c1ccc(F)cc1Cl. The van der Waals surface area contributed by atoms with Crippen LogP contribution in [0.3, 0.4) is 0 Å². The van der Waals surface area contributed by atoms with Gasteiger partial charge in [-0.05, 0) is 37.5 Å². The normalized spacial score (nSPS) is 17.0. The van der Waals surface area contributed by atoms with Gasteiger partial charge in [0.25, 0.3) is 0 Å². The zero-order valence-electron chi connectivity index (χ0n) is 15.2. The van der Waals surface area contributed by atoms with E-state index in [-0.39, 0.29) is 5.02 Å². The van der Waals surface area contributed by atoms with Gasteiger partial charge < -0.3 is 10.1 Å². The summed E-state index contributed by atoms with van der Waals surface area (Å²) in [5, 5.41) is 3.37. The Morgan fingerprint density at radius 3 is 2.69 bits per heavy atom. The van der Waals surface area contributed by atoms with Crippen molar-refractivity contribution in [1.29, 1.82) is 0 Å². The Morgan fingerprint density at radius 1 is 1.38 bits per heavy atom. The molecule has 0 spiro atoms.